The van der Waals surface area contributed by atoms with Crippen LogP contribution in [0, 0.1) is 0 Å². The second kappa shape index (κ2) is 3.77. The molecule has 2 aromatic rings. The number of benzene rings is 1. The van der Waals surface area contributed by atoms with E-state index in [9.17, 15) is 14.0 Å². The van der Waals surface area contributed by atoms with E-state index in [2.05, 4.69) is 4.98 Å². The number of fused-ring (bicyclic) bond motifs is 1. The Balaban J connectivity index is 2.19. The second-order valence-corrected chi connectivity index (χ2v) is 4.03. The average molecular weight is 241 g/mol. The van der Waals surface area contributed by atoms with Crippen LogP contribution < -0.4 is 0 Å². The Bertz CT molecular complexity index is 737. The van der Waals surface area contributed by atoms with E-state index < -0.39 is 17.4 Å². The third-order valence-electron chi connectivity index (χ3n) is 2.91. The smallest absolute Gasteiger partial charge is 0.215 e. The van der Waals surface area contributed by atoms with Crippen LogP contribution >= 0.6 is 0 Å². The molecule has 1 heterocycles. The third kappa shape index (κ3) is 1.50. The summed E-state index contributed by atoms with van der Waals surface area (Å²) < 4.78 is 13.0. The SMILES string of the molecule is O=C1C=C(c2c[nH]c3ccccc23)C(=O)C=C1F. The molecule has 88 valence electrons. The first-order valence-corrected chi connectivity index (χ1v) is 5.41. The average Bonchev–Trinajstić information content (AvgIpc) is 2.78. The number of hydrogen-bond acceptors (Lipinski definition) is 2. The Labute approximate surface area is 102 Å². The minimum Gasteiger partial charge on any atom is -0.361 e. The Morgan fingerprint density at radius 1 is 1.00 bits per heavy atom. The summed E-state index contributed by atoms with van der Waals surface area (Å²) in [5.74, 6) is -2.27. The molecule has 0 amide bonds. The fraction of sp³-hybridized carbons (Fsp3) is 0. The lowest BCUT2D eigenvalue weighted by atomic mass is 9.95. The molecule has 0 radical (unpaired) electrons. The fourth-order valence-electron chi connectivity index (χ4n) is 2.04. The third-order valence-corrected chi connectivity index (χ3v) is 2.91. The molecule has 1 aliphatic rings. The van der Waals surface area contributed by atoms with Gasteiger partial charge in [0, 0.05) is 40.4 Å². The highest BCUT2D eigenvalue weighted by molar-refractivity contribution is 6.36. The fourth-order valence-corrected chi connectivity index (χ4v) is 2.04. The number of para-hydroxylation sites is 1. The first kappa shape index (κ1) is 10.7. The monoisotopic (exact) mass is 241 g/mol. The van der Waals surface area contributed by atoms with Crippen molar-refractivity contribution in [2.24, 2.45) is 0 Å². The summed E-state index contributed by atoms with van der Waals surface area (Å²) in [6.45, 7) is 0. The minimum absolute atomic E-state index is 0.221. The molecule has 0 spiro atoms. The molecule has 0 fully saturated rings. The van der Waals surface area contributed by atoms with Crippen LogP contribution in [0.4, 0.5) is 4.39 Å². The van der Waals surface area contributed by atoms with E-state index in [1.807, 2.05) is 24.3 Å². The number of H-pyrrole nitrogens is 1. The maximum absolute atomic E-state index is 13.0. The molecule has 0 bridgehead atoms. The van der Waals surface area contributed by atoms with Crippen molar-refractivity contribution in [2.75, 3.05) is 0 Å². The Hall–Kier alpha value is -2.49. The van der Waals surface area contributed by atoms with Gasteiger partial charge in [0.15, 0.2) is 11.6 Å². The van der Waals surface area contributed by atoms with E-state index in [0.29, 0.717) is 5.56 Å². The van der Waals surface area contributed by atoms with Crippen LogP contribution in [0.3, 0.4) is 0 Å². The quantitative estimate of drug-likeness (QED) is 0.780. The van der Waals surface area contributed by atoms with E-state index in [1.165, 1.54) is 0 Å². The predicted octanol–water partition coefficient (Wildman–Crippen LogP) is 2.56. The largest absolute Gasteiger partial charge is 0.361 e. The van der Waals surface area contributed by atoms with Gasteiger partial charge in [0.2, 0.25) is 5.78 Å². The lowest BCUT2D eigenvalue weighted by Gasteiger charge is -2.06. The molecule has 4 heteroatoms. The lowest BCUT2D eigenvalue weighted by molar-refractivity contribution is -0.115. The molecule has 1 aliphatic carbocycles. The van der Waals surface area contributed by atoms with Gasteiger partial charge in [0.25, 0.3) is 0 Å². The predicted molar refractivity (Wildman–Crippen MR) is 65.5 cm³/mol. The van der Waals surface area contributed by atoms with Crippen LogP contribution in [-0.2, 0) is 9.59 Å². The summed E-state index contributed by atoms with van der Waals surface area (Å²) in [7, 11) is 0. The minimum atomic E-state index is -1.01. The number of rotatable bonds is 1. The van der Waals surface area contributed by atoms with Gasteiger partial charge >= 0.3 is 0 Å². The second-order valence-electron chi connectivity index (χ2n) is 4.03. The van der Waals surface area contributed by atoms with Gasteiger partial charge in [-0.25, -0.2) is 4.39 Å². The number of carbonyl (C=O) groups is 2. The Morgan fingerprint density at radius 3 is 2.61 bits per heavy atom. The highest BCUT2D eigenvalue weighted by Crippen LogP contribution is 2.28. The van der Waals surface area contributed by atoms with Gasteiger partial charge in [-0.2, -0.15) is 0 Å². The van der Waals surface area contributed by atoms with E-state index in [-0.39, 0.29) is 5.57 Å². The van der Waals surface area contributed by atoms with Crippen LogP contribution in [0.25, 0.3) is 16.5 Å². The van der Waals surface area contributed by atoms with Crippen molar-refractivity contribution >= 4 is 28.0 Å². The topological polar surface area (TPSA) is 49.9 Å². The molecular weight excluding hydrogens is 233 g/mol. The number of aromatic nitrogens is 1. The number of hydrogen-bond donors (Lipinski definition) is 1. The number of halogens is 1. The normalized spacial score (nSPS) is 15.8. The zero-order valence-corrected chi connectivity index (χ0v) is 9.24. The van der Waals surface area contributed by atoms with Crippen molar-refractivity contribution < 1.29 is 14.0 Å². The van der Waals surface area contributed by atoms with Gasteiger partial charge in [-0.15, -0.1) is 0 Å². The van der Waals surface area contributed by atoms with Crippen LogP contribution in [0.1, 0.15) is 5.56 Å². The Morgan fingerprint density at radius 2 is 1.78 bits per heavy atom. The maximum atomic E-state index is 13.0. The van der Waals surface area contributed by atoms with E-state index in [1.54, 1.807) is 6.20 Å². The van der Waals surface area contributed by atoms with Crippen molar-refractivity contribution in [3.8, 4) is 0 Å². The summed E-state index contributed by atoms with van der Waals surface area (Å²) in [4.78, 5) is 26.1. The maximum Gasteiger partial charge on any atom is 0.215 e. The van der Waals surface area contributed by atoms with Crippen LogP contribution in [-0.4, -0.2) is 16.6 Å². The summed E-state index contributed by atoms with van der Waals surface area (Å²) in [5, 5.41) is 0.834. The molecule has 3 nitrogen and oxygen atoms in total. The molecule has 0 atom stereocenters. The lowest BCUT2D eigenvalue weighted by Crippen LogP contribution is -2.09. The molecule has 18 heavy (non-hydrogen) atoms. The molecule has 1 aromatic heterocycles. The van der Waals surface area contributed by atoms with Crippen LogP contribution in [0.2, 0.25) is 0 Å². The van der Waals surface area contributed by atoms with Crippen molar-refractivity contribution in [1.29, 1.82) is 0 Å². The van der Waals surface area contributed by atoms with Gasteiger partial charge in [0.1, 0.15) is 0 Å². The zero-order chi connectivity index (χ0) is 12.7. The molecule has 1 N–H and O–H groups in total. The van der Waals surface area contributed by atoms with Crippen molar-refractivity contribution in [2.45, 2.75) is 0 Å². The van der Waals surface area contributed by atoms with Crippen molar-refractivity contribution in [3.63, 3.8) is 0 Å². The number of aromatic amines is 1. The van der Waals surface area contributed by atoms with Crippen LogP contribution in [0.5, 0.6) is 0 Å². The molecule has 0 aliphatic heterocycles. The first-order chi connectivity index (χ1) is 8.66. The molecule has 0 saturated heterocycles. The molecule has 1 aromatic carbocycles. The van der Waals surface area contributed by atoms with Gasteiger partial charge in [-0.1, -0.05) is 18.2 Å². The number of nitrogens with one attached hydrogen (secondary N) is 1. The highest BCUT2D eigenvalue weighted by atomic mass is 19.1. The van der Waals surface area contributed by atoms with Gasteiger partial charge in [-0.3, -0.25) is 9.59 Å². The first-order valence-electron chi connectivity index (χ1n) is 5.41. The molecule has 3 rings (SSSR count). The molecule has 0 unspecified atom stereocenters. The number of allylic oxidation sites excluding steroid dienone is 4. The van der Waals surface area contributed by atoms with E-state index in [4.69, 9.17) is 0 Å². The Kier molecular flexibility index (Phi) is 2.23. The van der Waals surface area contributed by atoms with Crippen molar-refractivity contribution in [3.05, 3.63) is 54.0 Å². The molecule has 0 saturated carbocycles. The highest BCUT2D eigenvalue weighted by Gasteiger charge is 2.22. The van der Waals surface area contributed by atoms with Crippen molar-refractivity contribution in [1.82, 2.24) is 4.98 Å². The summed E-state index contributed by atoms with van der Waals surface area (Å²) in [6, 6.07) is 7.41. The summed E-state index contributed by atoms with van der Waals surface area (Å²) in [5.41, 5.74) is 1.70. The van der Waals surface area contributed by atoms with Crippen LogP contribution in [0.15, 0.2) is 48.4 Å². The number of carbonyl (C=O) groups excluding carboxylic acids is 2. The van der Waals surface area contributed by atoms with E-state index >= 15 is 0 Å². The molecular formula is C14H8FNO2. The number of ketones is 2. The van der Waals surface area contributed by atoms with E-state index in [0.717, 1.165) is 23.1 Å². The van der Waals surface area contributed by atoms with Gasteiger partial charge in [0.05, 0.1) is 0 Å². The van der Waals surface area contributed by atoms with Gasteiger partial charge < -0.3 is 4.98 Å². The van der Waals surface area contributed by atoms with Gasteiger partial charge in [-0.05, 0) is 6.07 Å². The summed E-state index contributed by atoms with van der Waals surface area (Å²) in [6.07, 6.45) is 3.44. The standard InChI is InChI=1S/C14H8FNO2/c15-11-6-13(17)9(5-14(11)18)10-7-16-12-4-2-1-3-8(10)12/h1-7,16H. The summed E-state index contributed by atoms with van der Waals surface area (Å²) >= 11 is 0. The zero-order valence-electron chi connectivity index (χ0n) is 9.24.